The molecule has 1 aliphatic heterocycles. The number of halogens is 1. The van der Waals surface area contributed by atoms with Crippen molar-refractivity contribution in [1.29, 1.82) is 0 Å². The second kappa shape index (κ2) is 8.13. The summed E-state index contributed by atoms with van der Waals surface area (Å²) < 4.78 is 34.0. The van der Waals surface area contributed by atoms with Gasteiger partial charge in [-0.2, -0.15) is 17.9 Å². The van der Waals surface area contributed by atoms with Crippen molar-refractivity contribution in [1.82, 2.24) is 4.41 Å². The van der Waals surface area contributed by atoms with E-state index in [-0.39, 0.29) is 4.90 Å². The molecule has 4 rings (SSSR count). The van der Waals surface area contributed by atoms with Gasteiger partial charge in [-0.3, -0.25) is 0 Å². The lowest BCUT2D eigenvalue weighted by Gasteiger charge is -2.25. The number of hydrazone groups is 1. The Morgan fingerprint density at radius 3 is 2.40 bits per heavy atom. The Labute approximate surface area is 181 Å². The van der Waals surface area contributed by atoms with E-state index in [9.17, 15) is 8.42 Å². The van der Waals surface area contributed by atoms with Gasteiger partial charge in [-0.05, 0) is 30.7 Å². The van der Waals surface area contributed by atoms with E-state index in [4.69, 9.17) is 16.3 Å². The Hall–Kier alpha value is -2.83. The van der Waals surface area contributed by atoms with Gasteiger partial charge >= 0.3 is 0 Å². The second-order valence-corrected chi connectivity index (χ2v) is 9.20. The van der Waals surface area contributed by atoms with Gasteiger partial charge in [0.15, 0.2) is 0 Å². The molecule has 0 spiro atoms. The van der Waals surface area contributed by atoms with Crippen molar-refractivity contribution in [3.63, 3.8) is 0 Å². The minimum atomic E-state index is -3.90. The first kappa shape index (κ1) is 20.4. The molecule has 0 N–H and O–H groups in total. The summed E-state index contributed by atoms with van der Waals surface area (Å²) in [6.07, 6.45) is 0.384. The van der Waals surface area contributed by atoms with Crippen molar-refractivity contribution in [2.75, 3.05) is 7.11 Å². The molecule has 0 saturated heterocycles. The molecule has 0 fully saturated rings. The summed E-state index contributed by atoms with van der Waals surface area (Å²) in [5.74, 6) is 0.614. The fourth-order valence-corrected chi connectivity index (χ4v) is 5.59. The van der Waals surface area contributed by atoms with E-state index in [2.05, 4.69) is 5.10 Å². The van der Waals surface area contributed by atoms with Crippen LogP contribution in [-0.4, -0.2) is 25.7 Å². The van der Waals surface area contributed by atoms with Gasteiger partial charge in [-0.15, -0.1) is 0 Å². The molecule has 1 heterocycles. The maximum Gasteiger partial charge on any atom is 0.279 e. The van der Waals surface area contributed by atoms with Crippen molar-refractivity contribution >= 4 is 27.3 Å². The highest BCUT2D eigenvalue weighted by Crippen LogP contribution is 2.41. The van der Waals surface area contributed by atoms with Crippen LogP contribution >= 0.6 is 11.6 Å². The molecule has 3 aromatic rings. The number of ether oxygens (including phenoxy) is 1. The Bertz CT molecular complexity index is 1220. The van der Waals surface area contributed by atoms with Gasteiger partial charge < -0.3 is 4.74 Å². The van der Waals surface area contributed by atoms with E-state index in [1.807, 2.05) is 48.5 Å². The molecule has 1 atom stereocenters. The summed E-state index contributed by atoms with van der Waals surface area (Å²) >= 11 is 6.39. The number of hydrogen-bond acceptors (Lipinski definition) is 4. The van der Waals surface area contributed by atoms with Crippen LogP contribution < -0.4 is 4.74 Å². The van der Waals surface area contributed by atoms with Crippen molar-refractivity contribution < 1.29 is 13.2 Å². The fraction of sp³-hybridized carbons (Fsp3) is 0.174. The lowest BCUT2D eigenvalue weighted by atomic mass is 9.98. The number of rotatable bonds is 5. The van der Waals surface area contributed by atoms with E-state index in [0.717, 1.165) is 11.1 Å². The van der Waals surface area contributed by atoms with E-state index < -0.39 is 16.1 Å². The smallest absolute Gasteiger partial charge is 0.279 e. The fourth-order valence-electron chi connectivity index (χ4n) is 3.69. The maximum atomic E-state index is 13.6. The van der Waals surface area contributed by atoms with Gasteiger partial charge in [0, 0.05) is 22.6 Å². The molecule has 0 radical (unpaired) electrons. The lowest BCUT2D eigenvalue weighted by molar-refractivity contribution is 0.350. The van der Waals surface area contributed by atoms with E-state index in [1.54, 1.807) is 38.3 Å². The van der Waals surface area contributed by atoms with Gasteiger partial charge in [-0.1, -0.05) is 66.2 Å². The first-order chi connectivity index (χ1) is 14.4. The number of nitrogens with zero attached hydrogens (tertiary/aromatic N) is 2. The first-order valence-corrected chi connectivity index (χ1v) is 11.3. The highest BCUT2D eigenvalue weighted by molar-refractivity contribution is 7.89. The topological polar surface area (TPSA) is 59.0 Å². The molecule has 1 unspecified atom stereocenters. The third-order valence-corrected chi connectivity index (χ3v) is 7.35. The maximum absolute atomic E-state index is 13.6. The SMILES string of the molecule is COc1ccccc1C1CC(c2ccccc2Cl)=NN1S(=O)(=O)c1ccccc1C. The summed E-state index contributed by atoms with van der Waals surface area (Å²) in [6, 6.07) is 21.1. The summed E-state index contributed by atoms with van der Waals surface area (Å²) in [7, 11) is -2.33. The van der Waals surface area contributed by atoms with Crippen LogP contribution in [0.3, 0.4) is 0 Å². The van der Waals surface area contributed by atoms with Gasteiger partial charge in [0.1, 0.15) is 5.75 Å². The molecule has 154 valence electrons. The van der Waals surface area contributed by atoms with Gasteiger partial charge in [-0.25, -0.2) is 0 Å². The summed E-state index contributed by atoms with van der Waals surface area (Å²) in [4.78, 5) is 0.231. The highest BCUT2D eigenvalue weighted by atomic mass is 35.5. The van der Waals surface area contributed by atoms with Crippen LogP contribution in [-0.2, 0) is 10.0 Å². The number of aryl methyl sites for hydroxylation is 1. The molecule has 1 aliphatic rings. The number of hydrogen-bond donors (Lipinski definition) is 0. The second-order valence-electron chi connectivity index (χ2n) is 7.03. The van der Waals surface area contributed by atoms with E-state index in [0.29, 0.717) is 28.5 Å². The van der Waals surface area contributed by atoms with Crippen LogP contribution in [0.2, 0.25) is 5.02 Å². The van der Waals surface area contributed by atoms with E-state index >= 15 is 0 Å². The predicted molar refractivity (Wildman–Crippen MR) is 119 cm³/mol. The lowest BCUT2D eigenvalue weighted by Crippen LogP contribution is -2.28. The van der Waals surface area contributed by atoms with Crippen molar-refractivity contribution in [3.8, 4) is 5.75 Å². The largest absolute Gasteiger partial charge is 0.496 e. The van der Waals surface area contributed by atoms with Gasteiger partial charge in [0.25, 0.3) is 10.0 Å². The van der Waals surface area contributed by atoms with Crippen LogP contribution in [0.4, 0.5) is 0 Å². The van der Waals surface area contributed by atoms with Gasteiger partial charge in [0.2, 0.25) is 0 Å². The Morgan fingerprint density at radius 2 is 1.67 bits per heavy atom. The first-order valence-electron chi connectivity index (χ1n) is 9.49. The van der Waals surface area contributed by atoms with Crippen LogP contribution in [0.25, 0.3) is 0 Å². The van der Waals surface area contributed by atoms with Crippen molar-refractivity contribution in [3.05, 3.63) is 94.5 Å². The third-order valence-electron chi connectivity index (χ3n) is 5.17. The summed E-state index contributed by atoms with van der Waals surface area (Å²) in [5, 5.41) is 5.10. The number of benzene rings is 3. The molecule has 5 nitrogen and oxygen atoms in total. The Morgan fingerprint density at radius 1 is 1.00 bits per heavy atom. The standard InChI is InChI=1S/C23H21ClN2O3S/c1-16-9-3-8-14-23(16)30(27,28)26-21(18-11-5-7-13-22(18)29-2)15-20(25-26)17-10-4-6-12-19(17)24/h3-14,21H,15H2,1-2H3. The van der Waals surface area contributed by atoms with Crippen LogP contribution in [0, 0.1) is 6.92 Å². The molecular formula is C23H21ClN2O3S. The third kappa shape index (κ3) is 3.57. The summed E-state index contributed by atoms with van der Waals surface area (Å²) in [6.45, 7) is 1.78. The minimum absolute atomic E-state index is 0.231. The normalized spacial score (nSPS) is 16.4. The minimum Gasteiger partial charge on any atom is -0.496 e. The molecule has 7 heteroatoms. The van der Waals surface area contributed by atoms with Crippen molar-refractivity contribution in [2.45, 2.75) is 24.3 Å². The van der Waals surface area contributed by atoms with E-state index in [1.165, 1.54) is 4.41 Å². The molecule has 0 aliphatic carbocycles. The zero-order chi connectivity index (χ0) is 21.3. The average Bonchev–Trinajstić information content (AvgIpc) is 3.20. The quantitative estimate of drug-likeness (QED) is 0.548. The zero-order valence-electron chi connectivity index (χ0n) is 16.6. The molecule has 0 bridgehead atoms. The molecule has 3 aromatic carbocycles. The molecule has 30 heavy (non-hydrogen) atoms. The van der Waals surface area contributed by atoms with Crippen LogP contribution in [0.1, 0.15) is 29.2 Å². The highest BCUT2D eigenvalue weighted by Gasteiger charge is 2.39. The van der Waals surface area contributed by atoms with Crippen LogP contribution in [0.15, 0.2) is 82.8 Å². The monoisotopic (exact) mass is 440 g/mol. The molecule has 0 amide bonds. The number of para-hydroxylation sites is 1. The van der Waals surface area contributed by atoms with Gasteiger partial charge in [0.05, 0.1) is 23.8 Å². The molecular weight excluding hydrogens is 420 g/mol. The predicted octanol–water partition coefficient (Wildman–Crippen LogP) is 5.20. The molecule has 0 saturated carbocycles. The number of methoxy groups -OCH3 is 1. The Balaban J connectivity index is 1.88. The molecule has 0 aromatic heterocycles. The summed E-state index contributed by atoms with van der Waals surface area (Å²) in [5.41, 5.74) is 2.76. The van der Waals surface area contributed by atoms with Crippen LogP contribution in [0.5, 0.6) is 5.75 Å². The van der Waals surface area contributed by atoms with Crippen molar-refractivity contribution in [2.24, 2.45) is 5.10 Å². The Kier molecular flexibility index (Phi) is 5.54. The average molecular weight is 441 g/mol. The zero-order valence-corrected chi connectivity index (χ0v) is 18.2. The number of sulfonamides is 1.